The fraction of sp³-hybridized carbons (Fsp3) is 0.462. The minimum atomic E-state index is -1.06. The van der Waals surface area contributed by atoms with Gasteiger partial charge in [0.05, 0.1) is 11.7 Å². The van der Waals surface area contributed by atoms with E-state index < -0.39 is 17.4 Å². The third-order valence-electron chi connectivity index (χ3n) is 2.76. The molecule has 0 bridgehead atoms. The molecule has 0 aliphatic rings. The molecule has 1 atom stereocenters. The Morgan fingerprint density at radius 1 is 1.35 bits per heavy atom. The predicted molar refractivity (Wildman–Crippen MR) is 61.1 cm³/mol. The Bertz CT molecular complexity index is 416. The van der Waals surface area contributed by atoms with Gasteiger partial charge in [-0.05, 0) is 31.9 Å². The third-order valence-corrected chi connectivity index (χ3v) is 2.76. The maximum atomic E-state index is 13.5. The fourth-order valence-electron chi connectivity index (χ4n) is 1.45. The molecule has 1 unspecified atom stereocenters. The highest BCUT2D eigenvalue weighted by molar-refractivity contribution is 5.96. The molecule has 1 aromatic carbocycles. The highest BCUT2D eigenvalue weighted by Crippen LogP contribution is 2.18. The van der Waals surface area contributed by atoms with Crippen LogP contribution in [0.15, 0.2) is 12.1 Å². The van der Waals surface area contributed by atoms with E-state index in [2.05, 4.69) is 0 Å². The van der Waals surface area contributed by atoms with Crippen LogP contribution in [-0.2, 0) is 4.74 Å². The van der Waals surface area contributed by atoms with Crippen LogP contribution in [0.5, 0.6) is 0 Å². The average molecular weight is 242 g/mol. The second-order valence-electron chi connectivity index (χ2n) is 4.07. The predicted octanol–water partition coefficient (Wildman–Crippen LogP) is 3.27. The average Bonchev–Trinajstić information content (AvgIpc) is 2.32. The number of ketones is 1. The molecule has 0 spiro atoms. The number of ether oxygens (including phenoxy) is 1. The summed E-state index contributed by atoms with van der Waals surface area (Å²) < 4.78 is 31.7. The molecule has 0 aliphatic carbocycles. The molecule has 0 saturated heterocycles. The summed E-state index contributed by atoms with van der Waals surface area (Å²) in [6.45, 7) is 3.28. The van der Waals surface area contributed by atoms with Crippen LogP contribution in [0.25, 0.3) is 0 Å². The van der Waals surface area contributed by atoms with Crippen LogP contribution >= 0.6 is 0 Å². The number of rotatable bonds is 5. The van der Waals surface area contributed by atoms with E-state index in [1.165, 1.54) is 19.1 Å². The number of hydrogen-bond donors (Lipinski definition) is 0. The van der Waals surface area contributed by atoms with Crippen LogP contribution in [0.1, 0.15) is 35.7 Å². The first-order valence-electron chi connectivity index (χ1n) is 5.48. The molecule has 0 fully saturated rings. The summed E-state index contributed by atoms with van der Waals surface area (Å²) in [5.41, 5.74) is 0.0145. The number of carbonyl (C=O) groups excluding carboxylic acids is 1. The molecule has 0 amide bonds. The van der Waals surface area contributed by atoms with Crippen molar-refractivity contribution in [2.75, 3.05) is 7.11 Å². The second-order valence-corrected chi connectivity index (χ2v) is 4.07. The van der Waals surface area contributed by atoms with Gasteiger partial charge in [0.2, 0.25) is 0 Å². The van der Waals surface area contributed by atoms with E-state index in [9.17, 15) is 13.6 Å². The van der Waals surface area contributed by atoms with Crippen molar-refractivity contribution in [2.24, 2.45) is 0 Å². The van der Waals surface area contributed by atoms with Crippen molar-refractivity contribution in [3.63, 3.8) is 0 Å². The topological polar surface area (TPSA) is 26.3 Å². The Morgan fingerprint density at radius 2 is 2.00 bits per heavy atom. The van der Waals surface area contributed by atoms with Gasteiger partial charge in [0.15, 0.2) is 17.4 Å². The van der Waals surface area contributed by atoms with E-state index in [1.807, 2.05) is 6.92 Å². The number of hydrogen-bond acceptors (Lipinski definition) is 2. The summed E-state index contributed by atoms with van der Waals surface area (Å²) in [7, 11) is 1.54. The first-order chi connectivity index (χ1) is 7.97. The van der Waals surface area contributed by atoms with E-state index in [0.29, 0.717) is 6.42 Å². The zero-order chi connectivity index (χ0) is 13.0. The van der Waals surface area contributed by atoms with Gasteiger partial charge < -0.3 is 4.74 Å². The largest absolute Gasteiger partial charge is 0.382 e. The molecule has 0 N–H and O–H groups in total. The summed E-state index contributed by atoms with van der Waals surface area (Å²) in [5, 5.41) is 0. The number of carbonyl (C=O) groups is 1. The minimum absolute atomic E-state index is 0.0719. The Hall–Kier alpha value is -1.29. The molecule has 0 heterocycles. The van der Waals surface area contributed by atoms with Gasteiger partial charge in [0, 0.05) is 13.5 Å². The van der Waals surface area contributed by atoms with Gasteiger partial charge >= 0.3 is 0 Å². The molecule has 0 saturated carbocycles. The van der Waals surface area contributed by atoms with Crippen molar-refractivity contribution in [3.8, 4) is 0 Å². The highest BCUT2D eigenvalue weighted by atomic mass is 19.2. The van der Waals surface area contributed by atoms with Crippen molar-refractivity contribution in [1.29, 1.82) is 0 Å². The minimum Gasteiger partial charge on any atom is -0.382 e. The van der Waals surface area contributed by atoms with Crippen molar-refractivity contribution >= 4 is 5.78 Å². The lowest BCUT2D eigenvalue weighted by Crippen LogP contribution is -2.10. The van der Waals surface area contributed by atoms with Crippen LogP contribution in [0, 0.1) is 18.6 Å². The highest BCUT2D eigenvalue weighted by Gasteiger charge is 2.17. The van der Waals surface area contributed by atoms with E-state index in [-0.39, 0.29) is 23.7 Å². The number of Topliss-reactive ketones (excluding diaryl/α,β-unsaturated/α-hetero) is 1. The maximum absolute atomic E-state index is 13.5. The Kier molecular flexibility index (Phi) is 4.75. The number of aryl methyl sites for hydroxylation is 1. The van der Waals surface area contributed by atoms with E-state index in [0.717, 1.165) is 0 Å². The lowest BCUT2D eigenvalue weighted by molar-refractivity contribution is 0.0874. The second kappa shape index (κ2) is 5.87. The number of benzene rings is 1. The van der Waals surface area contributed by atoms with E-state index >= 15 is 0 Å². The standard InChI is InChI=1S/C13H16F2O2/c1-8-4-6-10(13(15)12(8)14)11(16)7-5-9(2)17-3/h4,6,9H,5,7H2,1-3H3. The van der Waals surface area contributed by atoms with Gasteiger partial charge in [0.1, 0.15) is 0 Å². The van der Waals surface area contributed by atoms with Crippen LogP contribution in [-0.4, -0.2) is 19.0 Å². The summed E-state index contributed by atoms with van der Waals surface area (Å²) in [6, 6.07) is 2.74. The molecule has 1 rings (SSSR count). The maximum Gasteiger partial charge on any atom is 0.169 e. The SMILES string of the molecule is COC(C)CCC(=O)c1ccc(C)c(F)c1F. The van der Waals surface area contributed by atoms with Crippen molar-refractivity contribution in [1.82, 2.24) is 0 Å². The van der Waals surface area contributed by atoms with Crippen LogP contribution in [0.3, 0.4) is 0 Å². The number of halogens is 2. The van der Waals surface area contributed by atoms with Crippen molar-refractivity contribution < 1.29 is 18.3 Å². The normalized spacial score (nSPS) is 12.5. The zero-order valence-electron chi connectivity index (χ0n) is 10.2. The molecule has 94 valence electrons. The van der Waals surface area contributed by atoms with Gasteiger partial charge in [-0.15, -0.1) is 0 Å². The lowest BCUT2D eigenvalue weighted by atomic mass is 10.0. The Balaban J connectivity index is 2.80. The number of methoxy groups -OCH3 is 1. The van der Waals surface area contributed by atoms with Gasteiger partial charge in [0.25, 0.3) is 0 Å². The molecule has 1 aromatic rings. The molecule has 17 heavy (non-hydrogen) atoms. The van der Waals surface area contributed by atoms with Gasteiger partial charge in [-0.25, -0.2) is 8.78 Å². The van der Waals surface area contributed by atoms with Gasteiger partial charge in [-0.1, -0.05) is 6.07 Å². The lowest BCUT2D eigenvalue weighted by Gasteiger charge is -2.09. The molecule has 2 nitrogen and oxygen atoms in total. The first-order valence-corrected chi connectivity index (χ1v) is 5.48. The summed E-state index contributed by atoms with van der Waals surface area (Å²) >= 11 is 0. The van der Waals surface area contributed by atoms with Crippen LogP contribution in [0.2, 0.25) is 0 Å². The molecular formula is C13H16F2O2. The van der Waals surface area contributed by atoms with E-state index in [4.69, 9.17) is 4.74 Å². The van der Waals surface area contributed by atoms with E-state index in [1.54, 1.807) is 7.11 Å². The summed E-state index contributed by atoms with van der Waals surface area (Å²) in [4.78, 5) is 11.7. The summed E-state index contributed by atoms with van der Waals surface area (Å²) in [5.74, 6) is -2.40. The van der Waals surface area contributed by atoms with Crippen LogP contribution in [0.4, 0.5) is 8.78 Å². The first kappa shape index (κ1) is 13.8. The zero-order valence-corrected chi connectivity index (χ0v) is 10.2. The smallest absolute Gasteiger partial charge is 0.169 e. The molecule has 4 heteroatoms. The molecule has 0 radical (unpaired) electrons. The monoisotopic (exact) mass is 242 g/mol. The van der Waals surface area contributed by atoms with Crippen LogP contribution < -0.4 is 0 Å². The summed E-state index contributed by atoms with van der Waals surface area (Å²) in [6.07, 6.45) is 0.566. The Morgan fingerprint density at radius 3 is 2.59 bits per heavy atom. The van der Waals surface area contributed by atoms with Gasteiger partial charge in [-0.2, -0.15) is 0 Å². The van der Waals surface area contributed by atoms with Crippen molar-refractivity contribution in [3.05, 3.63) is 34.9 Å². The van der Waals surface area contributed by atoms with Crippen molar-refractivity contribution in [2.45, 2.75) is 32.8 Å². The molecule has 0 aromatic heterocycles. The quantitative estimate of drug-likeness (QED) is 0.741. The van der Waals surface area contributed by atoms with Gasteiger partial charge in [-0.3, -0.25) is 4.79 Å². The Labute approximate surface area is 99.6 Å². The molecule has 0 aliphatic heterocycles. The third kappa shape index (κ3) is 3.33. The molecular weight excluding hydrogens is 226 g/mol. The fourth-order valence-corrected chi connectivity index (χ4v) is 1.45.